The molecule has 0 amide bonds. The highest BCUT2D eigenvalue weighted by molar-refractivity contribution is 6.20. The predicted octanol–water partition coefficient (Wildman–Crippen LogP) is 2.22. The van der Waals surface area contributed by atoms with Crippen LogP contribution in [0.5, 0.6) is 0 Å². The molecular formula is C4H6ClF3. The zero-order chi connectivity index (χ0) is 6.57. The highest BCUT2D eigenvalue weighted by Crippen LogP contribution is 2.09. The minimum Gasteiger partial charge on any atom is -0.249 e. The summed E-state index contributed by atoms with van der Waals surface area (Å²) in [5.41, 5.74) is 0. The molecule has 0 aromatic heterocycles. The van der Waals surface area contributed by atoms with Crippen LogP contribution in [0.3, 0.4) is 0 Å². The van der Waals surface area contributed by atoms with Gasteiger partial charge in [0.15, 0.2) is 0 Å². The Hall–Kier alpha value is 0.0800. The van der Waals surface area contributed by atoms with Crippen molar-refractivity contribution in [3.63, 3.8) is 0 Å². The third kappa shape index (κ3) is 4.24. The highest BCUT2D eigenvalue weighted by atomic mass is 35.5. The van der Waals surface area contributed by atoms with Crippen LogP contribution in [0.15, 0.2) is 0 Å². The van der Waals surface area contributed by atoms with Crippen LogP contribution < -0.4 is 0 Å². The van der Waals surface area contributed by atoms with E-state index in [1.807, 2.05) is 0 Å². The Balaban J connectivity index is 3.10. The first kappa shape index (κ1) is 8.08. The summed E-state index contributed by atoms with van der Waals surface area (Å²) in [5.74, 6) is 0. The lowest BCUT2D eigenvalue weighted by atomic mass is 10.3. The lowest BCUT2D eigenvalue weighted by molar-refractivity contribution is 0.133. The van der Waals surface area contributed by atoms with E-state index in [0.29, 0.717) is 0 Å². The summed E-state index contributed by atoms with van der Waals surface area (Å²) in [5, 5.41) is -1.02. The first-order chi connectivity index (χ1) is 3.66. The van der Waals surface area contributed by atoms with Gasteiger partial charge in [0, 0.05) is 6.42 Å². The van der Waals surface area contributed by atoms with Crippen molar-refractivity contribution in [3.8, 4) is 0 Å². The molecule has 1 atom stereocenters. The van der Waals surface area contributed by atoms with Gasteiger partial charge in [-0.3, -0.25) is 0 Å². The molecule has 0 aliphatic carbocycles. The third-order valence-corrected chi connectivity index (χ3v) is 0.896. The largest absolute Gasteiger partial charge is 0.249 e. The van der Waals surface area contributed by atoms with Gasteiger partial charge in [0.2, 0.25) is 6.43 Å². The molecule has 0 radical (unpaired) electrons. The van der Waals surface area contributed by atoms with Gasteiger partial charge in [-0.15, -0.1) is 11.6 Å². The maximum Gasteiger partial charge on any atom is 0.240 e. The van der Waals surface area contributed by atoms with E-state index in [9.17, 15) is 13.2 Å². The maximum atomic E-state index is 11.3. The lowest BCUT2D eigenvalue weighted by Gasteiger charge is -2.00. The van der Waals surface area contributed by atoms with E-state index in [4.69, 9.17) is 11.6 Å². The molecule has 50 valence electrons. The Morgan fingerprint density at radius 1 is 1.38 bits per heavy atom. The van der Waals surface area contributed by atoms with Gasteiger partial charge in [-0.2, -0.15) is 0 Å². The molecule has 8 heavy (non-hydrogen) atoms. The fraction of sp³-hybridized carbons (Fsp3) is 1.00. The number of hydrogen-bond donors (Lipinski definition) is 0. The summed E-state index contributed by atoms with van der Waals surface area (Å²) >= 11 is 5.01. The maximum absolute atomic E-state index is 11.3. The van der Waals surface area contributed by atoms with Crippen LogP contribution in [0, 0.1) is 0 Å². The van der Waals surface area contributed by atoms with Crippen molar-refractivity contribution in [3.05, 3.63) is 0 Å². The average molecular weight is 147 g/mol. The van der Waals surface area contributed by atoms with E-state index in [2.05, 4.69) is 0 Å². The molecule has 4 heteroatoms. The summed E-state index contributed by atoms with van der Waals surface area (Å²) in [6, 6.07) is 0. The van der Waals surface area contributed by atoms with Crippen LogP contribution >= 0.6 is 11.6 Å². The van der Waals surface area contributed by atoms with Crippen LogP contribution in [0.2, 0.25) is 0 Å². The van der Waals surface area contributed by atoms with Crippen LogP contribution in [-0.4, -0.2) is 18.5 Å². The summed E-state index contributed by atoms with van der Waals surface area (Å²) in [7, 11) is 0. The van der Waals surface area contributed by atoms with Gasteiger partial charge in [0.05, 0.1) is 5.38 Å². The molecule has 1 unspecified atom stereocenters. The second kappa shape index (κ2) is 4.01. The number of hydrogen-bond acceptors (Lipinski definition) is 0. The minimum atomic E-state index is -2.49. The van der Waals surface area contributed by atoms with E-state index in [1.165, 1.54) is 0 Å². The first-order valence-corrected chi connectivity index (χ1v) is 2.58. The second-order valence-corrected chi connectivity index (χ2v) is 2.00. The summed E-state index contributed by atoms with van der Waals surface area (Å²) in [6.07, 6.45) is -3.05. The zero-order valence-corrected chi connectivity index (χ0v) is 4.84. The molecule has 0 aromatic rings. The average Bonchev–Trinajstić information content (AvgIpc) is 1.65. The van der Waals surface area contributed by atoms with Crippen molar-refractivity contribution in [2.75, 3.05) is 6.67 Å². The van der Waals surface area contributed by atoms with E-state index >= 15 is 0 Å². The highest BCUT2D eigenvalue weighted by Gasteiger charge is 2.10. The summed E-state index contributed by atoms with van der Waals surface area (Å²) in [4.78, 5) is 0. The first-order valence-electron chi connectivity index (χ1n) is 2.15. The van der Waals surface area contributed by atoms with Crippen LogP contribution in [0.25, 0.3) is 0 Å². The van der Waals surface area contributed by atoms with Gasteiger partial charge in [-0.05, 0) is 0 Å². The Labute approximate surface area is 50.6 Å². The monoisotopic (exact) mass is 146 g/mol. The Kier molecular flexibility index (Phi) is 4.05. The molecule has 0 saturated heterocycles. The van der Waals surface area contributed by atoms with Crippen molar-refractivity contribution < 1.29 is 13.2 Å². The van der Waals surface area contributed by atoms with Crippen molar-refractivity contribution in [2.24, 2.45) is 0 Å². The minimum absolute atomic E-state index is 0.557. The molecule has 0 aromatic carbocycles. The van der Waals surface area contributed by atoms with E-state index in [0.717, 1.165) is 0 Å². The second-order valence-electron chi connectivity index (χ2n) is 1.38. The summed E-state index contributed by atoms with van der Waals surface area (Å²) < 4.78 is 33.7. The van der Waals surface area contributed by atoms with E-state index < -0.39 is 24.9 Å². The number of halogens is 4. The third-order valence-electron chi connectivity index (χ3n) is 0.601. The molecule has 0 nitrogen and oxygen atoms in total. The van der Waals surface area contributed by atoms with Gasteiger partial charge >= 0.3 is 0 Å². The Bertz CT molecular complexity index is 57.2. The Morgan fingerprint density at radius 2 is 1.88 bits per heavy atom. The van der Waals surface area contributed by atoms with Crippen molar-refractivity contribution in [1.29, 1.82) is 0 Å². The number of alkyl halides is 4. The van der Waals surface area contributed by atoms with Crippen LogP contribution in [0.1, 0.15) is 6.42 Å². The summed E-state index contributed by atoms with van der Waals surface area (Å²) in [6.45, 7) is -0.883. The SMILES string of the molecule is FCC(Cl)CC(F)F. The van der Waals surface area contributed by atoms with Crippen molar-refractivity contribution >= 4 is 11.6 Å². The van der Waals surface area contributed by atoms with Gasteiger partial charge in [-0.25, -0.2) is 13.2 Å². The normalized spacial score (nSPS) is 14.6. The smallest absolute Gasteiger partial charge is 0.240 e. The lowest BCUT2D eigenvalue weighted by Crippen LogP contribution is -2.06. The van der Waals surface area contributed by atoms with Gasteiger partial charge in [0.1, 0.15) is 6.67 Å². The van der Waals surface area contributed by atoms with Crippen LogP contribution in [0.4, 0.5) is 13.2 Å². The standard InChI is InChI=1S/C4H6ClF3/c5-3(2-6)1-4(7)8/h3-4H,1-2H2. The molecule has 0 fully saturated rings. The van der Waals surface area contributed by atoms with E-state index in [1.54, 1.807) is 0 Å². The molecule has 0 aliphatic rings. The quantitative estimate of drug-likeness (QED) is 0.536. The molecule has 0 heterocycles. The van der Waals surface area contributed by atoms with Crippen LogP contribution in [-0.2, 0) is 0 Å². The fourth-order valence-corrected chi connectivity index (χ4v) is 0.391. The van der Waals surface area contributed by atoms with Gasteiger partial charge in [-0.1, -0.05) is 0 Å². The predicted molar refractivity (Wildman–Crippen MR) is 26.2 cm³/mol. The van der Waals surface area contributed by atoms with Crippen molar-refractivity contribution in [1.82, 2.24) is 0 Å². The fourth-order valence-electron chi connectivity index (χ4n) is 0.256. The van der Waals surface area contributed by atoms with Gasteiger partial charge in [0.25, 0.3) is 0 Å². The molecule has 0 N–H and O–H groups in total. The molecule has 0 spiro atoms. The van der Waals surface area contributed by atoms with Gasteiger partial charge < -0.3 is 0 Å². The molecule has 0 bridgehead atoms. The molecule has 0 rings (SSSR count). The Morgan fingerprint density at radius 3 is 2.00 bits per heavy atom. The van der Waals surface area contributed by atoms with E-state index in [-0.39, 0.29) is 0 Å². The zero-order valence-electron chi connectivity index (χ0n) is 4.08. The molecular weight excluding hydrogens is 140 g/mol. The van der Waals surface area contributed by atoms with Crippen molar-refractivity contribution in [2.45, 2.75) is 18.2 Å². The molecule has 0 aliphatic heterocycles. The topological polar surface area (TPSA) is 0 Å². The number of rotatable bonds is 3. The molecule has 0 saturated carbocycles.